The number of hydrogen-bond donors (Lipinski definition) is 0. The van der Waals surface area contributed by atoms with E-state index in [0.29, 0.717) is 0 Å². The summed E-state index contributed by atoms with van der Waals surface area (Å²) in [6.45, 7) is 0. The maximum atomic E-state index is 15.6. The number of nitrogens with zero attached hydrogens (tertiary/aromatic N) is 2. The number of aromatic nitrogens is 2. The first-order chi connectivity index (χ1) is 44.0. The Morgan fingerprint density at radius 1 is 0.258 bits per heavy atom. The molecule has 2 spiro atoms. The van der Waals surface area contributed by atoms with Gasteiger partial charge in [-0.15, -0.1) is 10.2 Å². The standard InChI is InChI=1S/C82H51N2O3PS/c85-88(60-22-3-1-4-23-60,61-24-5-2-6-25-61)62-26-18-20-55(48-62)58-43-46-74-78(51-58)87-77-49-56(41-44-73(77)82(74)69-33-13-9-29-65(69)66-30-10-14-34-70(66)82)52-37-39-53(40-38-52)79-83-84-80(89-79)59-21-17-19-54(47-59)57-42-45-72-76(50-57)86-75-36-16-15-35-71(75)81(72)67-31-11-7-27-63(67)64-28-8-12-32-68(64)81/h1-51H. The van der Waals surface area contributed by atoms with Gasteiger partial charge in [-0.3, -0.25) is 0 Å². The van der Waals surface area contributed by atoms with Crippen molar-refractivity contribution in [3.05, 3.63) is 354 Å². The Balaban J connectivity index is 0.671. The quantitative estimate of drug-likeness (QED) is 0.142. The molecule has 89 heavy (non-hydrogen) atoms. The van der Waals surface area contributed by atoms with Gasteiger partial charge in [-0.1, -0.05) is 284 Å². The van der Waals surface area contributed by atoms with Gasteiger partial charge >= 0.3 is 0 Å². The molecular weight excluding hydrogens is 1120 g/mol. The zero-order valence-electron chi connectivity index (χ0n) is 47.9. The fraction of sp³-hybridized carbons (Fsp3) is 0.0244. The number of ether oxygens (including phenoxy) is 2. The van der Waals surface area contributed by atoms with Crippen LogP contribution in [0.25, 0.3) is 76.8 Å². The lowest BCUT2D eigenvalue weighted by atomic mass is 9.65. The van der Waals surface area contributed by atoms with Gasteiger partial charge in [0.05, 0.1) is 10.8 Å². The summed E-state index contributed by atoms with van der Waals surface area (Å²) in [5.41, 5.74) is 21.4. The van der Waals surface area contributed by atoms with Crippen LogP contribution in [-0.2, 0) is 15.4 Å². The van der Waals surface area contributed by atoms with Crippen LogP contribution < -0.4 is 25.4 Å². The number of para-hydroxylation sites is 1. The molecular formula is C82H51N2O3PS. The summed E-state index contributed by atoms with van der Waals surface area (Å²) in [6, 6.07) is 109. The lowest BCUT2D eigenvalue weighted by Gasteiger charge is -2.39. The maximum Gasteiger partial charge on any atom is 0.171 e. The lowest BCUT2D eigenvalue weighted by Crippen LogP contribution is -2.32. The molecule has 3 heterocycles. The average Bonchev–Trinajstić information content (AvgIpc) is 2.05. The van der Waals surface area contributed by atoms with Crippen LogP contribution in [0.1, 0.15) is 44.5 Å². The van der Waals surface area contributed by atoms with Crippen LogP contribution >= 0.6 is 18.5 Å². The van der Waals surface area contributed by atoms with Crippen molar-refractivity contribution >= 4 is 34.4 Å². The number of rotatable bonds is 8. The molecule has 0 amide bonds. The van der Waals surface area contributed by atoms with Crippen molar-refractivity contribution in [1.82, 2.24) is 10.2 Å². The highest BCUT2D eigenvalue weighted by Gasteiger charge is 2.53. The van der Waals surface area contributed by atoms with E-state index in [1.807, 2.05) is 72.8 Å². The lowest BCUT2D eigenvalue weighted by molar-refractivity contribution is 0.436. The Morgan fingerprint density at radius 2 is 0.596 bits per heavy atom. The van der Waals surface area contributed by atoms with Crippen molar-refractivity contribution in [3.63, 3.8) is 0 Å². The molecule has 5 nitrogen and oxygen atoms in total. The maximum absolute atomic E-state index is 15.6. The van der Waals surface area contributed by atoms with Crippen LogP contribution in [0.4, 0.5) is 0 Å². The second-order valence-corrected chi connectivity index (χ2v) is 27.2. The number of hydrogen-bond acceptors (Lipinski definition) is 6. The Kier molecular flexibility index (Phi) is 11.5. The molecule has 0 unspecified atom stereocenters. The van der Waals surface area contributed by atoms with Crippen molar-refractivity contribution in [2.45, 2.75) is 10.8 Å². The van der Waals surface area contributed by atoms with Gasteiger partial charge in [0.1, 0.15) is 33.0 Å². The normalized spacial score (nSPS) is 13.8. The highest BCUT2D eigenvalue weighted by atomic mass is 32.1. The molecule has 2 aliphatic carbocycles. The molecule has 0 fully saturated rings. The summed E-state index contributed by atoms with van der Waals surface area (Å²) in [6.07, 6.45) is 0. The smallest absolute Gasteiger partial charge is 0.171 e. The predicted octanol–water partition coefficient (Wildman–Crippen LogP) is 19.5. The van der Waals surface area contributed by atoms with Gasteiger partial charge in [-0.25, -0.2) is 0 Å². The van der Waals surface area contributed by atoms with E-state index in [-0.39, 0.29) is 0 Å². The first kappa shape index (κ1) is 51.5. The number of benzene rings is 13. The minimum absolute atomic E-state index is 0.509. The van der Waals surface area contributed by atoms with E-state index >= 15 is 4.57 Å². The van der Waals surface area contributed by atoms with E-state index in [9.17, 15) is 0 Å². The summed E-state index contributed by atoms with van der Waals surface area (Å²) in [5.74, 6) is 3.31. The number of fused-ring (bicyclic) bond motifs is 18. The van der Waals surface area contributed by atoms with Crippen molar-refractivity contribution < 1.29 is 14.0 Å². The molecule has 4 aliphatic rings. The van der Waals surface area contributed by atoms with Gasteiger partial charge in [0.2, 0.25) is 0 Å². The highest BCUT2D eigenvalue weighted by Crippen LogP contribution is 2.64. The fourth-order valence-corrected chi connectivity index (χ4v) is 18.6. The summed E-state index contributed by atoms with van der Waals surface area (Å²) < 4.78 is 29.7. The Bertz CT molecular complexity index is 5130. The van der Waals surface area contributed by atoms with Crippen LogP contribution in [0.3, 0.4) is 0 Å². The highest BCUT2D eigenvalue weighted by molar-refractivity contribution is 7.85. The van der Waals surface area contributed by atoms with Crippen LogP contribution in [0, 0.1) is 0 Å². The minimum atomic E-state index is -3.23. The summed E-state index contributed by atoms with van der Waals surface area (Å²) in [4.78, 5) is 0. The van der Waals surface area contributed by atoms with Gasteiger partial charge in [0.15, 0.2) is 7.14 Å². The Labute approximate surface area is 519 Å². The first-order valence-corrected chi connectivity index (χ1v) is 32.6. The molecule has 0 saturated carbocycles. The third-order valence-corrected chi connectivity index (χ3v) is 23.0. The van der Waals surface area contributed by atoms with E-state index in [4.69, 9.17) is 19.7 Å². The molecule has 0 N–H and O–H groups in total. The third-order valence-electron chi connectivity index (χ3n) is 18.9. The summed E-state index contributed by atoms with van der Waals surface area (Å²) in [7, 11) is -3.23. The van der Waals surface area contributed by atoms with Crippen molar-refractivity contribution in [2.24, 2.45) is 0 Å². The molecule has 14 aromatic rings. The van der Waals surface area contributed by atoms with E-state index in [1.165, 1.54) is 44.5 Å². The van der Waals surface area contributed by atoms with E-state index in [1.54, 1.807) is 11.3 Å². The second-order valence-electron chi connectivity index (χ2n) is 23.4. The second kappa shape index (κ2) is 19.9. The topological polar surface area (TPSA) is 61.3 Å². The molecule has 0 saturated heterocycles. The van der Waals surface area contributed by atoms with E-state index in [2.05, 4.69) is 237 Å². The largest absolute Gasteiger partial charge is 0.457 e. The van der Waals surface area contributed by atoms with Crippen molar-refractivity contribution in [2.75, 3.05) is 0 Å². The van der Waals surface area contributed by atoms with Gasteiger partial charge < -0.3 is 14.0 Å². The monoisotopic (exact) mass is 1170 g/mol. The fourth-order valence-electron chi connectivity index (χ4n) is 15.0. The van der Waals surface area contributed by atoms with Crippen LogP contribution in [-0.4, -0.2) is 10.2 Å². The van der Waals surface area contributed by atoms with E-state index < -0.39 is 18.0 Å². The SMILES string of the molecule is O=P(c1ccccc1)(c1ccccc1)c1cccc(-c2ccc3c(c2)Oc2cc(-c4ccc(-c5nnc(-c6cccc(-c7ccc8c(c7)Oc7ccccc7C87c8ccccc8-c8ccccc87)c6)s5)cc4)ccc2C32c3ccccc3-c3ccccc32)c1. The zero-order valence-corrected chi connectivity index (χ0v) is 49.6. The van der Waals surface area contributed by atoms with Gasteiger partial charge in [0.25, 0.3) is 0 Å². The molecule has 1 aromatic heterocycles. The van der Waals surface area contributed by atoms with Crippen molar-refractivity contribution in [3.8, 4) is 99.8 Å². The van der Waals surface area contributed by atoms with E-state index in [0.717, 1.165) is 116 Å². The predicted molar refractivity (Wildman–Crippen MR) is 361 cm³/mol. The van der Waals surface area contributed by atoms with Gasteiger partial charge in [-0.05, 0) is 114 Å². The van der Waals surface area contributed by atoms with Crippen LogP contribution in [0.15, 0.2) is 309 Å². The first-order valence-electron chi connectivity index (χ1n) is 30.1. The summed E-state index contributed by atoms with van der Waals surface area (Å²) in [5, 5.41) is 13.6. The molecule has 0 radical (unpaired) electrons. The van der Waals surface area contributed by atoms with Crippen LogP contribution in [0.2, 0.25) is 0 Å². The molecule has 0 atom stereocenters. The minimum Gasteiger partial charge on any atom is -0.457 e. The molecule has 18 rings (SSSR count). The third kappa shape index (κ3) is 7.58. The average molecular weight is 1180 g/mol. The Hall–Kier alpha value is -10.8. The van der Waals surface area contributed by atoms with Gasteiger partial charge in [0, 0.05) is 49.3 Å². The van der Waals surface area contributed by atoms with Crippen molar-refractivity contribution in [1.29, 1.82) is 0 Å². The molecule has 7 heteroatoms. The molecule has 2 aliphatic heterocycles. The van der Waals surface area contributed by atoms with Crippen LogP contribution in [0.5, 0.6) is 23.0 Å². The molecule has 418 valence electrons. The summed E-state index contributed by atoms with van der Waals surface area (Å²) >= 11 is 1.59. The van der Waals surface area contributed by atoms with Gasteiger partial charge in [-0.2, -0.15) is 0 Å². The Morgan fingerprint density at radius 3 is 1.10 bits per heavy atom. The molecule has 0 bridgehead atoms. The molecule has 13 aromatic carbocycles. The zero-order chi connectivity index (χ0) is 58.8.